The van der Waals surface area contributed by atoms with E-state index in [4.69, 9.17) is 4.74 Å². The first-order valence-electron chi connectivity index (χ1n) is 8.67. The van der Waals surface area contributed by atoms with Gasteiger partial charge in [0, 0.05) is 19.3 Å². The highest BCUT2D eigenvalue weighted by Gasteiger charge is 2.10. The van der Waals surface area contributed by atoms with Crippen LogP contribution in [0.2, 0.25) is 0 Å². The molecule has 25 heavy (non-hydrogen) atoms. The highest BCUT2D eigenvalue weighted by atomic mass is 32.2. The van der Waals surface area contributed by atoms with Gasteiger partial charge >= 0.3 is 0 Å². The lowest BCUT2D eigenvalue weighted by atomic mass is 10.1. The molecule has 1 unspecified atom stereocenters. The SMILES string of the molecule is CCS(=O)(=O)CCNC(=NC)NC(C)c1ccc(OCC(C)C)cc1. The molecule has 1 aromatic carbocycles. The van der Waals surface area contributed by atoms with E-state index in [1.165, 1.54) is 0 Å². The van der Waals surface area contributed by atoms with Gasteiger partial charge < -0.3 is 15.4 Å². The van der Waals surface area contributed by atoms with Crippen LogP contribution in [0.4, 0.5) is 0 Å². The molecule has 0 saturated carbocycles. The molecule has 0 heterocycles. The second-order valence-corrected chi connectivity index (χ2v) is 8.85. The monoisotopic (exact) mass is 369 g/mol. The zero-order valence-corrected chi connectivity index (χ0v) is 16.7. The first-order chi connectivity index (χ1) is 11.8. The molecule has 6 nitrogen and oxygen atoms in total. The van der Waals surface area contributed by atoms with Crippen LogP contribution in [0.1, 0.15) is 39.3 Å². The molecule has 1 aromatic rings. The summed E-state index contributed by atoms with van der Waals surface area (Å²) in [7, 11) is -1.31. The van der Waals surface area contributed by atoms with E-state index in [0.717, 1.165) is 11.3 Å². The highest BCUT2D eigenvalue weighted by molar-refractivity contribution is 7.91. The van der Waals surface area contributed by atoms with E-state index in [2.05, 4.69) is 29.5 Å². The summed E-state index contributed by atoms with van der Waals surface area (Å²) < 4.78 is 28.7. The van der Waals surface area contributed by atoms with E-state index < -0.39 is 9.84 Å². The predicted octanol–water partition coefficient (Wildman–Crippen LogP) is 2.38. The summed E-state index contributed by atoms with van der Waals surface area (Å²) in [5, 5.41) is 6.30. The summed E-state index contributed by atoms with van der Waals surface area (Å²) in [5.41, 5.74) is 1.10. The van der Waals surface area contributed by atoms with Crippen LogP contribution >= 0.6 is 0 Å². The van der Waals surface area contributed by atoms with Gasteiger partial charge in [0.2, 0.25) is 0 Å². The lowest BCUT2D eigenvalue weighted by Crippen LogP contribution is -2.40. The van der Waals surface area contributed by atoms with Crippen LogP contribution < -0.4 is 15.4 Å². The third kappa shape index (κ3) is 8.25. The van der Waals surface area contributed by atoms with Crippen molar-refractivity contribution in [3.8, 4) is 5.75 Å². The maximum Gasteiger partial charge on any atom is 0.191 e. The molecule has 0 fully saturated rings. The Morgan fingerprint density at radius 3 is 2.36 bits per heavy atom. The molecule has 0 spiro atoms. The molecular weight excluding hydrogens is 338 g/mol. The number of hydrogen-bond acceptors (Lipinski definition) is 4. The van der Waals surface area contributed by atoms with Gasteiger partial charge in [0.1, 0.15) is 5.75 Å². The normalized spacial score (nSPS) is 13.6. The quantitative estimate of drug-likeness (QED) is 0.516. The average Bonchev–Trinajstić information content (AvgIpc) is 2.59. The van der Waals surface area contributed by atoms with Crippen LogP contribution in [0.3, 0.4) is 0 Å². The molecule has 142 valence electrons. The second-order valence-electron chi connectivity index (χ2n) is 6.38. The molecule has 1 atom stereocenters. The summed E-state index contributed by atoms with van der Waals surface area (Å²) in [6, 6.07) is 7.98. The number of guanidine groups is 1. The molecule has 0 aliphatic carbocycles. The van der Waals surface area contributed by atoms with E-state index >= 15 is 0 Å². The van der Waals surface area contributed by atoms with Gasteiger partial charge in [-0.15, -0.1) is 0 Å². The summed E-state index contributed by atoms with van der Waals surface area (Å²) in [6.07, 6.45) is 0. The largest absolute Gasteiger partial charge is 0.493 e. The third-order valence-corrected chi connectivity index (χ3v) is 5.39. The Bertz CT molecular complexity index is 640. The molecule has 0 saturated heterocycles. The fourth-order valence-corrected chi connectivity index (χ4v) is 2.77. The van der Waals surface area contributed by atoms with Crippen molar-refractivity contribution >= 4 is 15.8 Å². The standard InChI is InChI=1S/C18H31N3O3S/c1-6-25(22,23)12-11-20-18(19-5)21-15(4)16-7-9-17(10-8-16)24-13-14(2)3/h7-10,14-15H,6,11-13H2,1-5H3,(H2,19,20,21). The zero-order chi connectivity index (χ0) is 18.9. The van der Waals surface area contributed by atoms with Gasteiger partial charge in [-0.25, -0.2) is 8.42 Å². The van der Waals surface area contributed by atoms with Crippen molar-refractivity contribution < 1.29 is 13.2 Å². The fourth-order valence-electron chi connectivity index (χ4n) is 2.07. The highest BCUT2D eigenvalue weighted by Crippen LogP contribution is 2.18. The lowest BCUT2D eigenvalue weighted by Gasteiger charge is -2.18. The Hall–Kier alpha value is -1.76. The number of hydrogen-bond donors (Lipinski definition) is 2. The second kappa shape index (κ2) is 10.3. The van der Waals surface area contributed by atoms with Crippen LogP contribution in [0.25, 0.3) is 0 Å². The minimum atomic E-state index is -2.98. The average molecular weight is 370 g/mol. The van der Waals surface area contributed by atoms with Crippen molar-refractivity contribution in [2.75, 3.05) is 31.7 Å². The molecule has 0 bridgehead atoms. The van der Waals surface area contributed by atoms with Gasteiger partial charge in [-0.3, -0.25) is 4.99 Å². The molecule has 0 amide bonds. The van der Waals surface area contributed by atoms with Crippen LogP contribution in [0.15, 0.2) is 29.3 Å². The van der Waals surface area contributed by atoms with Crippen molar-refractivity contribution in [2.24, 2.45) is 10.9 Å². The Kier molecular flexibility index (Phi) is 8.75. The van der Waals surface area contributed by atoms with E-state index in [9.17, 15) is 8.42 Å². The molecule has 2 N–H and O–H groups in total. The molecule has 1 rings (SSSR count). The number of benzene rings is 1. The van der Waals surface area contributed by atoms with Crippen molar-refractivity contribution in [1.29, 1.82) is 0 Å². The number of sulfone groups is 1. The number of nitrogens with zero attached hydrogens (tertiary/aromatic N) is 1. The molecule has 0 radical (unpaired) electrons. The van der Waals surface area contributed by atoms with Gasteiger partial charge in [-0.2, -0.15) is 0 Å². The van der Waals surface area contributed by atoms with Gasteiger partial charge in [-0.1, -0.05) is 32.9 Å². The maximum atomic E-state index is 11.5. The van der Waals surface area contributed by atoms with Crippen LogP contribution in [-0.4, -0.2) is 46.1 Å². The maximum absolute atomic E-state index is 11.5. The van der Waals surface area contributed by atoms with E-state index in [1.807, 2.05) is 31.2 Å². The van der Waals surface area contributed by atoms with Gasteiger partial charge in [0.05, 0.1) is 18.4 Å². The number of nitrogens with one attached hydrogen (secondary N) is 2. The van der Waals surface area contributed by atoms with E-state index in [1.54, 1.807) is 14.0 Å². The fraction of sp³-hybridized carbons (Fsp3) is 0.611. The van der Waals surface area contributed by atoms with Crippen molar-refractivity contribution in [1.82, 2.24) is 10.6 Å². The number of aliphatic imine (C=N–C) groups is 1. The smallest absolute Gasteiger partial charge is 0.191 e. The first kappa shape index (κ1) is 21.3. The minimum absolute atomic E-state index is 0.0353. The summed E-state index contributed by atoms with van der Waals surface area (Å²) >= 11 is 0. The van der Waals surface area contributed by atoms with Crippen LogP contribution in [0.5, 0.6) is 5.75 Å². The summed E-state index contributed by atoms with van der Waals surface area (Å²) in [4.78, 5) is 4.14. The number of ether oxygens (including phenoxy) is 1. The Balaban J connectivity index is 2.53. The Morgan fingerprint density at radius 1 is 1.20 bits per heavy atom. The molecular formula is C18H31N3O3S. The summed E-state index contributed by atoms with van der Waals surface area (Å²) in [6.45, 7) is 8.95. The number of rotatable bonds is 9. The van der Waals surface area contributed by atoms with Crippen molar-refractivity contribution in [3.63, 3.8) is 0 Å². The molecule has 7 heteroatoms. The van der Waals surface area contributed by atoms with Crippen molar-refractivity contribution in [3.05, 3.63) is 29.8 Å². The van der Waals surface area contributed by atoms with E-state index in [0.29, 0.717) is 25.0 Å². The lowest BCUT2D eigenvalue weighted by molar-refractivity contribution is 0.271. The third-order valence-electron chi connectivity index (χ3n) is 3.69. The molecule has 0 aliphatic heterocycles. The van der Waals surface area contributed by atoms with Crippen LogP contribution in [0, 0.1) is 5.92 Å². The van der Waals surface area contributed by atoms with E-state index in [-0.39, 0.29) is 17.5 Å². The Labute approximate surface area is 152 Å². The zero-order valence-electron chi connectivity index (χ0n) is 15.9. The van der Waals surface area contributed by atoms with Gasteiger partial charge in [0.25, 0.3) is 0 Å². The van der Waals surface area contributed by atoms with Crippen LogP contribution in [-0.2, 0) is 9.84 Å². The molecule has 0 aliphatic rings. The Morgan fingerprint density at radius 2 is 1.84 bits per heavy atom. The minimum Gasteiger partial charge on any atom is -0.493 e. The topological polar surface area (TPSA) is 79.8 Å². The first-order valence-corrected chi connectivity index (χ1v) is 10.5. The summed E-state index contributed by atoms with van der Waals surface area (Å²) in [5.74, 6) is 2.19. The predicted molar refractivity (Wildman–Crippen MR) is 104 cm³/mol. The van der Waals surface area contributed by atoms with Gasteiger partial charge in [-0.05, 0) is 30.5 Å². The van der Waals surface area contributed by atoms with Crippen molar-refractivity contribution in [2.45, 2.75) is 33.7 Å². The molecule has 0 aromatic heterocycles. The van der Waals surface area contributed by atoms with Gasteiger partial charge in [0.15, 0.2) is 15.8 Å².